The lowest BCUT2D eigenvalue weighted by Crippen LogP contribution is -2.55. The number of rotatable bonds is 5. The van der Waals surface area contributed by atoms with Crippen LogP contribution in [-0.4, -0.2) is 72.4 Å². The quantitative estimate of drug-likeness (QED) is 0.360. The fourth-order valence-corrected chi connectivity index (χ4v) is 4.17. The second-order valence-electron chi connectivity index (χ2n) is 7.97. The van der Waals surface area contributed by atoms with E-state index < -0.39 is 0 Å². The molecule has 168 valence electrons. The number of amides is 1. The Morgan fingerprint density at radius 1 is 1.19 bits per heavy atom. The number of aliphatic imine (C=N–C) groups is 1. The first kappa shape index (κ1) is 23.4. The molecule has 0 saturated carbocycles. The van der Waals surface area contributed by atoms with E-state index in [0.717, 1.165) is 50.8 Å². The molecule has 0 radical (unpaired) electrons. The molecule has 2 saturated heterocycles. The highest BCUT2D eigenvalue weighted by Gasteiger charge is 2.28. The molecule has 1 atom stereocenters. The predicted molar refractivity (Wildman–Crippen MR) is 135 cm³/mol. The summed E-state index contributed by atoms with van der Waals surface area (Å²) in [7, 11) is 1.86. The monoisotopic (exact) mass is 537 g/mol. The summed E-state index contributed by atoms with van der Waals surface area (Å²) < 4.78 is 1.72. The standard InChI is InChI=1S/C22H31N7O.HI/c1-3-23-22(24-13-18-9-10-27(15-18)19-7-5-4-6-8-19)28-11-12-29(21(30)17-28)20-14-25-26(2)16-20;/h4-8,14,16,18H,3,9-13,15,17H2,1-2H3,(H,23,24);1H. The first-order valence-electron chi connectivity index (χ1n) is 10.8. The van der Waals surface area contributed by atoms with Crippen LogP contribution in [0, 0.1) is 5.92 Å². The van der Waals surface area contributed by atoms with Crippen LogP contribution in [0.15, 0.2) is 47.7 Å². The number of hydrogen-bond acceptors (Lipinski definition) is 4. The average Bonchev–Trinajstić information content (AvgIpc) is 3.41. The number of para-hydroxylation sites is 1. The van der Waals surface area contributed by atoms with Crippen molar-refractivity contribution in [3.8, 4) is 0 Å². The molecule has 1 amide bonds. The molecule has 3 heterocycles. The molecular weight excluding hydrogens is 505 g/mol. The fraction of sp³-hybridized carbons (Fsp3) is 0.500. The lowest BCUT2D eigenvalue weighted by Gasteiger charge is -2.35. The Labute approximate surface area is 201 Å². The van der Waals surface area contributed by atoms with E-state index in [4.69, 9.17) is 4.99 Å². The smallest absolute Gasteiger partial charge is 0.246 e. The SMILES string of the molecule is CCNC(=NCC1CCN(c2ccccc2)C1)N1CCN(c2cnn(C)c2)C(=O)C1.I. The van der Waals surface area contributed by atoms with E-state index in [2.05, 4.69) is 57.5 Å². The number of benzene rings is 1. The van der Waals surface area contributed by atoms with E-state index in [-0.39, 0.29) is 29.9 Å². The summed E-state index contributed by atoms with van der Waals surface area (Å²) in [6, 6.07) is 10.6. The molecule has 8 nitrogen and oxygen atoms in total. The maximum Gasteiger partial charge on any atom is 0.246 e. The van der Waals surface area contributed by atoms with E-state index in [9.17, 15) is 4.79 Å². The van der Waals surface area contributed by atoms with E-state index >= 15 is 0 Å². The lowest BCUT2D eigenvalue weighted by atomic mass is 10.1. The summed E-state index contributed by atoms with van der Waals surface area (Å²) in [5.74, 6) is 1.46. The number of nitrogens with zero attached hydrogens (tertiary/aromatic N) is 6. The van der Waals surface area contributed by atoms with Crippen LogP contribution in [0.25, 0.3) is 0 Å². The van der Waals surface area contributed by atoms with Gasteiger partial charge in [-0.2, -0.15) is 5.10 Å². The molecular formula is C22H32IN7O. The van der Waals surface area contributed by atoms with Crippen LogP contribution in [0.4, 0.5) is 11.4 Å². The molecule has 0 spiro atoms. The number of aryl methyl sites for hydroxylation is 1. The van der Waals surface area contributed by atoms with Gasteiger partial charge in [0.2, 0.25) is 5.91 Å². The number of hydrogen-bond donors (Lipinski definition) is 1. The normalized spacial score (nSPS) is 19.5. The molecule has 1 N–H and O–H groups in total. The number of anilines is 2. The van der Waals surface area contributed by atoms with Crippen LogP contribution in [0.2, 0.25) is 0 Å². The van der Waals surface area contributed by atoms with Gasteiger partial charge in [0.1, 0.15) is 6.54 Å². The van der Waals surface area contributed by atoms with Gasteiger partial charge >= 0.3 is 0 Å². The molecule has 1 aromatic carbocycles. The van der Waals surface area contributed by atoms with Crippen molar-refractivity contribution in [2.45, 2.75) is 13.3 Å². The minimum atomic E-state index is 0. The molecule has 1 unspecified atom stereocenters. The topological polar surface area (TPSA) is 69.0 Å². The lowest BCUT2D eigenvalue weighted by molar-refractivity contribution is -0.120. The van der Waals surface area contributed by atoms with Crippen molar-refractivity contribution in [1.29, 1.82) is 0 Å². The number of carbonyl (C=O) groups is 1. The number of aromatic nitrogens is 2. The Morgan fingerprint density at radius 2 is 2.00 bits per heavy atom. The Kier molecular flexibility index (Phi) is 8.16. The molecule has 2 fully saturated rings. The summed E-state index contributed by atoms with van der Waals surface area (Å²) in [4.78, 5) is 24.0. The van der Waals surface area contributed by atoms with Gasteiger partial charge in [0, 0.05) is 58.2 Å². The van der Waals surface area contributed by atoms with E-state index in [1.165, 1.54) is 5.69 Å². The highest BCUT2D eigenvalue weighted by molar-refractivity contribution is 14.0. The second-order valence-corrected chi connectivity index (χ2v) is 7.97. The van der Waals surface area contributed by atoms with Gasteiger partial charge in [-0.15, -0.1) is 24.0 Å². The third-order valence-electron chi connectivity index (χ3n) is 5.76. The fourth-order valence-electron chi connectivity index (χ4n) is 4.17. The Bertz CT molecular complexity index is 885. The van der Waals surface area contributed by atoms with Gasteiger partial charge in [0.25, 0.3) is 0 Å². The summed E-state index contributed by atoms with van der Waals surface area (Å²) in [6.45, 7) is 7.47. The molecule has 0 bridgehead atoms. The predicted octanol–water partition coefficient (Wildman–Crippen LogP) is 2.18. The highest BCUT2D eigenvalue weighted by atomic mass is 127. The molecule has 2 aliphatic rings. The van der Waals surface area contributed by atoms with Crippen molar-refractivity contribution in [3.63, 3.8) is 0 Å². The summed E-state index contributed by atoms with van der Waals surface area (Å²) in [5.41, 5.74) is 2.14. The van der Waals surface area contributed by atoms with Crippen LogP contribution in [0.3, 0.4) is 0 Å². The summed E-state index contributed by atoms with van der Waals surface area (Å²) >= 11 is 0. The summed E-state index contributed by atoms with van der Waals surface area (Å²) in [6.07, 6.45) is 4.77. The Balaban J connectivity index is 0.00000272. The zero-order valence-corrected chi connectivity index (χ0v) is 20.6. The van der Waals surface area contributed by atoms with Crippen molar-refractivity contribution in [3.05, 3.63) is 42.7 Å². The maximum absolute atomic E-state index is 12.7. The van der Waals surface area contributed by atoms with Crippen LogP contribution in [0.1, 0.15) is 13.3 Å². The zero-order chi connectivity index (χ0) is 20.9. The van der Waals surface area contributed by atoms with Gasteiger partial charge < -0.3 is 20.0 Å². The first-order valence-corrected chi connectivity index (χ1v) is 10.8. The number of carbonyl (C=O) groups excluding carboxylic acids is 1. The van der Waals surface area contributed by atoms with E-state index in [1.807, 2.05) is 18.1 Å². The van der Waals surface area contributed by atoms with Crippen LogP contribution in [-0.2, 0) is 11.8 Å². The van der Waals surface area contributed by atoms with Gasteiger partial charge in [-0.1, -0.05) is 18.2 Å². The zero-order valence-electron chi connectivity index (χ0n) is 18.3. The molecule has 31 heavy (non-hydrogen) atoms. The van der Waals surface area contributed by atoms with Gasteiger partial charge in [0.05, 0.1) is 11.9 Å². The van der Waals surface area contributed by atoms with Crippen molar-refractivity contribution in [2.75, 3.05) is 55.6 Å². The van der Waals surface area contributed by atoms with Crippen LogP contribution in [0.5, 0.6) is 0 Å². The minimum absolute atomic E-state index is 0. The Hall–Kier alpha value is -2.30. The number of guanidine groups is 1. The third-order valence-corrected chi connectivity index (χ3v) is 5.76. The van der Waals surface area contributed by atoms with Crippen molar-refractivity contribution < 1.29 is 4.79 Å². The van der Waals surface area contributed by atoms with Crippen LogP contribution >= 0.6 is 24.0 Å². The minimum Gasteiger partial charge on any atom is -0.371 e. The van der Waals surface area contributed by atoms with Gasteiger partial charge in [0.15, 0.2) is 5.96 Å². The van der Waals surface area contributed by atoms with E-state index in [1.54, 1.807) is 10.9 Å². The van der Waals surface area contributed by atoms with Crippen molar-refractivity contribution in [1.82, 2.24) is 20.0 Å². The average molecular weight is 537 g/mol. The molecule has 0 aliphatic carbocycles. The maximum atomic E-state index is 12.7. The molecule has 2 aliphatic heterocycles. The number of halogens is 1. The molecule has 1 aromatic heterocycles. The number of nitrogens with one attached hydrogen (secondary N) is 1. The first-order chi connectivity index (χ1) is 14.6. The summed E-state index contributed by atoms with van der Waals surface area (Å²) in [5, 5.41) is 7.55. The molecule has 4 rings (SSSR count). The second kappa shape index (κ2) is 10.8. The van der Waals surface area contributed by atoms with Gasteiger partial charge in [-0.3, -0.25) is 14.5 Å². The number of piperazine rings is 1. The van der Waals surface area contributed by atoms with Crippen LogP contribution < -0.4 is 15.1 Å². The van der Waals surface area contributed by atoms with Crippen molar-refractivity contribution in [2.24, 2.45) is 18.0 Å². The van der Waals surface area contributed by atoms with E-state index in [0.29, 0.717) is 19.0 Å². The highest BCUT2D eigenvalue weighted by Crippen LogP contribution is 2.24. The third kappa shape index (κ3) is 5.69. The largest absolute Gasteiger partial charge is 0.371 e. The Morgan fingerprint density at radius 3 is 2.68 bits per heavy atom. The molecule has 2 aromatic rings. The molecule has 9 heteroatoms. The van der Waals surface area contributed by atoms with Gasteiger partial charge in [-0.05, 0) is 31.4 Å². The van der Waals surface area contributed by atoms with Gasteiger partial charge in [-0.25, -0.2) is 0 Å². The van der Waals surface area contributed by atoms with Crippen molar-refractivity contribution >= 4 is 47.2 Å².